The zero-order valence-electron chi connectivity index (χ0n) is 16.8. The van der Waals surface area contributed by atoms with Crippen LogP contribution in [0.4, 0.5) is 0 Å². The summed E-state index contributed by atoms with van der Waals surface area (Å²) in [6.07, 6.45) is 0. The van der Waals surface area contributed by atoms with Crippen LogP contribution < -0.4 is 10.5 Å². The van der Waals surface area contributed by atoms with E-state index in [2.05, 4.69) is 34.4 Å². The molecule has 0 saturated heterocycles. The highest BCUT2D eigenvalue weighted by atomic mass is 16.6. The van der Waals surface area contributed by atoms with E-state index in [1.807, 2.05) is 30.3 Å². The topological polar surface area (TPSA) is 83.6 Å². The summed E-state index contributed by atoms with van der Waals surface area (Å²) in [5.74, 6) is -0.497. The number of aryl methyl sites for hydroxylation is 1. The lowest BCUT2D eigenvalue weighted by atomic mass is 10.1. The van der Waals surface area contributed by atoms with Gasteiger partial charge >= 0.3 is 5.97 Å². The summed E-state index contributed by atoms with van der Waals surface area (Å²) >= 11 is 0. The maximum atomic E-state index is 12.2. The Balaban J connectivity index is 1.98. The third kappa shape index (κ3) is 3.48. The van der Waals surface area contributed by atoms with Crippen LogP contribution in [0.15, 0.2) is 60.7 Å². The number of carbonyl (C=O) groups excluding carboxylic acids is 2. The van der Waals surface area contributed by atoms with E-state index in [0.717, 1.165) is 22.0 Å². The van der Waals surface area contributed by atoms with Gasteiger partial charge in [-0.25, -0.2) is 4.79 Å². The van der Waals surface area contributed by atoms with Gasteiger partial charge in [-0.2, -0.15) is 0 Å². The molecule has 6 heteroatoms. The first-order valence-electron chi connectivity index (χ1n) is 9.58. The van der Waals surface area contributed by atoms with Crippen LogP contribution in [0.1, 0.15) is 21.5 Å². The van der Waals surface area contributed by atoms with E-state index in [1.165, 1.54) is 12.7 Å². The number of hydrogen-bond acceptors (Lipinski definition) is 4. The summed E-state index contributed by atoms with van der Waals surface area (Å²) in [5.41, 5.74) is 10.2. The van der Waals surface area contributed by atoms with Crippen molar-refractivity contribution in [2.24, 2.45) is 5.73 Å². The first-order chi connectivity index (χ1) is 14.5. The molecule has 0 atom stereocenters. The van der Waals surface area contributed by atoms with Gasteiger partial charge in [-0.1, -0.05) is 42.0 Å². The minimum absolute atomic E-state index is 0.223. The van der Waals surface area contributed by atoms with Gasteiger partial charge in [-0.05, 0) is 36.8 Å². The Morgan fingerprint density at radius 2 is 1.67 bits per heavy atom. The largest absolute Gasteiger partial charge is 0.481 e. The van der Waals surface area contributed by atoms with Gasteiger partial charge in [0.15, 0.2) is 6.61 Å². The number of hydrogen-bond donors (Lipinski definition) is 1. The Labute approximate surface area is 173 Å². The van der Waals surface area contributed by atoms with Gasteiger partial charge in [0, 0.05) is 17.5 Å². The first kappa shape index (κ1) is 19.5. The SMILES string of the molecule is COC(=O)COc1cccc2c1c1c(C(N)=O)cccc1n2Cc1cccc(C)c1. The van der Waals surface area contributed by atoms with Crippen molar-refractivity contribution < 1.29 is 19.1 Å². The zero-order chi connectivity index (χ0) is 21.3. The molecule has 1 amide bonds. The number of carbonyl (C=O) groups is 2. The number of ether oxygens (including phenoxy) is 2. The molecule has 0 aliphatic carbocycles. The third-order valence-corrected chi connectivity index (χ3v) is 5.14. The number of nitrogens with two attached hydrogens (primary N) is 1. The van der Waals surface area contributed by atoms with Crippen molar-refractivity contribution in [2.45, 2.75) is 13.5 Å². The van der Waals surface area contributed by atoms with Crippen molar-refractivity contribution in [1.29, 1.82) is 0 Å². The van der Waals surface area contributed by atoms with Crippen LogP contribution >= 0.6 is 0 Å². The van der Waals surface area contributed by atoms with Gasteiger partial charge in [0.1, 0.15) is 5.75 Å². The van der Waals surface area contributed by atoms with E-state index < -0.39 is 11.9 Å². The van der Waals surface area contributed by atoms with Gasteiger partial charge in [0.25, 0.3) is 0 Å². The van der Waals surface area contributed by atoms with Gasteiger partial charge in [0.05, 0.1) is 23.5 Å². The molecule has 0 aliphatic rings. The van der Waals surface area contributed by atoms with Crippen LogP contribution in [0, 0.1) is 6.92 Å². The fourth-order valence-electron chi connectivity index (χ4n) is 3.84. The summed E-state index contributed by atoms with van der Waals surface area (Å²) in [6, 6.07) is 19.4. The zero-order valence-corrected chi connectivity index (χ0v) is 16.8. The van der Waals surface area contributed by atoms with Crippen LogP contribution in [0.25, 0.3) is 21.8 Å². The van der Waals surface area contributed by atoms with E-state index in [0.29, 0.717) is 23.2 Å². The van der Waals surface area contributed by atoms with Crippen molar-refractivity contribution in [3.05, 3.63) is 77.4 Å². The quantitative estimate of drug-likeness (QED) is 0.497. The maximum Gasteiger partial charge on any atom is 0.343 e. The fourth-order valence-corrected chi connectivity index (χ4v) is 3.84. The standard InChI is InChI=1S/C24H22N2O4/c1-15-6-3-7-16(12-15)13-26-18-9-4-8-17(24(25)28)22(18)23-19(26)10-5-11-20(23)30-14-21(27)29-2/h3-12H,13-14H2,1-2H3,(H2,25,28). The second kappa shape index (κ2) is 7.91. The number of aromatic nitrogens is 1. The highest BCUT2D eigenvalue weighted by molar-refractivity contribution is 6.19. The molecule has 0 aliphatic heterocycles. The second-order valence-electron chi connectivity index (χ2n) is 7.15. The van der Waals surface area contributed by atoms with Gasteiger partial charge in [-0.3, -0.25) is 4.79 Å². The van der Waals surface area contributed by atoms with Crippen molar-refractivity contribution >= 4 is 33.7 Å². The lowest BCUT2D eigenvalue weighted by Gasteiger charge is -2.10. The van der Waals surface area contributed by atoms with Crippen LogP contribution in [0.5, 0.6) is 5.75 Å². The molecule has 1 heterocycles. The van der Waals surface area contributed by atoms with Crippen molar-refractivity contribution in [1.82, 2.24) is 4.57 Å². The minimum atomic E-state index is -0.516. The third-order valence-electron chi connectivity index (χ3n) is 5.14. The molecule has 0 unspecified atom stereocenters. The Bertz CT molecular complexity index is 1270. The molecule has 152 valence electrons. The molecule has 0 saturated carbocycles. The first-order valence-corrected chi connectivity index (χ1v) is 9.58. The fraction of sp³-hybridized carbons (Fsp3) is 0.167. The Morgan fingerprint density at radius 1 is 0.967 bits per heavy atom. The Hall–Kier alpha value is -3.80. The maximum absolute atomic E-state index is 12.2. The van der Waals surface area contributed by atoms with E-state index in [1.54, 1.807) is 12.1 Å². The van der Waals surface area contributed by atoms with Crippen LogP contribution in [0.3, 0.4) is 0 Å². The molecule has 4 aromatic rings. The van der Waals surface area contributed by atoms with Crippen LogP contribution in [-0.2, 0) is 16.1 Å². The molecule has 0 fully saturated rings. The van der Waals surface area contributed by atoms with Gasteiger partial charge < -0.3 is 19.8 Å². The highest BCUT2D eigenvalue weighted by Gasteiger charge is 2.20. The van der Waals surface area contributed by atoms with Crippen molar-refractivity contribution in [2.75, 3.05) is 13.7 Å². The van der Waals surface area contributed by atoms with E-state index in [-0.39, 0.29) is 6.61 Å². The summed E-state index contributed by atoms with van der Waals surface area (Å²) < 4.78 is 12.6. The smallest absolute Gasteiger partial charge is 0.343 e. The van der Waals surface area contributed by atoms with Gasteiger partial charge in [-0.15, -0.1) is 0 Å². The summed E-state index contributed by atoms with van der Waals surface area (Å²) in [7, 11) is 1.31. The average molecular weight is 402 g/mol. The number of fused-ring (bicyclic) bond motifs is 3. The Kier molecular flexibility index (Phi) is 5.14. The molecule has 1 aromatic heterocycles. The summed E-state index contributed by atoms with van der Waals surface area (Å²) in [6.45, 7) is 2.45. The van der Waals surface area contributed by atoms with Crippen molar-refractivity contribution in [3.8, 4) is 5.75 Å². The number of nitrogens with zero attached hydrogens (tertiary/aromatic N) is 1. The second-order valence-corrected chi connectivity index (χ2v) is 7.15. The molecule has 0 radical (unpaired) electrons. The summed E-state index contributed by atoms with van der Waals surface area (Å²) in [5, 5.41) is 1.46. The predicted octanol–water partition coefficient (Wildman–Crippen LogP) is 3.80. The molecule has 30 heavy (non-hydrogen) atoms. The van der Waals surface area contributed by atoms with Crippen LogP contribution in [-0.4, -0.2) is 30.2 Å². The van der Waals surface area contributed by atoms with Crippen LogP contribution in [0.2, 0.25) is 0 Å². The summed E-state index contributed by atoms with van der Waals surface area (Å²) in [4.78, 5) is 23.8. The number of primary amides is 1. The number of rotatable bonds is 6. The highest BCUT2D eigenvalue weighted by Crippen LogP contribution is 2.38. The molecular weight excluding hydrogens is 380 g/mol. The molecule has 3 aromatic carbocycles. The minimum Gasteiger partial charge on any atom is -0.481 e. The molecule has 0 bridgehead atoms. The molecular formula is C24H22N2O4. The average Bonchev–Trinajstić information content (AvgIpc) is 3.06. The van der Waals surface area contributed by atoms with E-state index in [9.17, 15) is 9.59 Å². The Morgan fingerprint density at radius 3 is 2.37 bits per heavy atom. The normalized spacial score (nSPS) is 11.0. The molecule has 4 rings (SSSR count). The lowest BCUT2D eigenvalue weighted by molar-refractivity contribution is -0.142. The monoisotopic (exact) mass is 402 g/mol. The number of methoxy groups -OCH3 is 1. The molecule has 2 N–H and O–H groups in total. The number of esters is 1. The molecule has 0 spiro atoms. The lowest BCUT2D eigenvalue weighted by Crippen LogP contribution is -2.13. The van der Waals surface area contributed by atoms with E-state index in [4.69, 9.17) is 10.5 Å². The van der Waals surface area contributed by atoms with E-state index >= 15 is 0 Å². The number of amides is 1. The number of benzene rings is 3. The van der Waals surface area contributed by atoms with Crippen molar-refractivity contribution in [3.63, 3.8) is 0 Å². The van der Waals surface area contributed by atoms with Gasteiger partial charge in [0.2, 0.25) is 5.91 Å². The predicted molar refractivity (Wildman–Crippen MR) is 116 cm³/mol. The molecule has 6 nitrogen and oxygen atoms in total.